The van der Waals surface area contributed by atoms with Crippen molar-refractivity contribution in [1.29, 1.82) is 0 Å². The molecule has 0 saturated carbocycles. The molecule has 0 radical (unpaired) electrons. The van der Waals surface area contributed by atoms with Gasteiger partial charge in [-0.25, -0.2) is 0 Å². The van der Waals surface area contributed by atoms with Crippen molar-refractivity contribution in [3.05, 3.63) is 48.0 Å². The van der Waals surface area contributed by atoms with Gasteiger partial charge in [0, 0.05) is 0 Å². The molecule has 1 rings (SSSR count). The molecule has 0 N–H and O–H groups in total. The van der Waals surface area contributed by atoms with Crippen LogP contribution in [0.1, 0.15) is 11.1 Å². The van der Waals surface area contributed by atoms with Gasteiger partial charge in [0.1, 0.15) is 0 Å². The van der Waals surface area contributed by atoms with Gasteiger partial charge in [-0.05, 0) is 6.92 Å². The van der Waals surface area contributed by atoms with Gasteiger partial charge in [0.25, 0.3) is 0 Å². The molecule has 0 spiro atoms. The molecule has 0 fully saturated rings. The van der Waals surface area contributed by atoms with Crippen LogP contribution in [0.25, 0.3) is 0 Å². The standard InChI is InChI=1S/C10H11.HI.Zn/c1-3-4-10-7-5-9(2)6-8-10;;/h5-8H,1,4H2,2H3;1H;/q-1;;+2/p-1. The first-order chi connectivity index (χ1) is 5.83. The van der Waals surface area contributed by atoms with Gasteiger partial charge < -0.3 is 6.08 Å². The van der Waals surface area contributed by atoms with E-state index in [-0.39, 0.29) is 0 Å². The summed E-state index contributed by atoms with van der Waals surface area (Å²) in [6.45, 7) is 5.64. The zero-order valence-electron chi connectivity index (χ0n) is 7.31. The molecule has 0 unspecified atom stereocenters. The fraction of sp³-hybridized carbons (Fsp3) is 0.200. The Morgan fingerprint density at radius 1 is 1.33 bits per heavy atom. The summed E-state index contributed by atoms with van der Waals surface area (Å²) in [7, 11) is 0. The van der Waals surface area contributed by atoms with E-state index in [4.69, 9.17) is 0 Å². The summed E-state index contributed by atoms with van der Waals surface area (Å²) in [5.74, 6) is 0. The van der Waals surface area contributed by atoms with E-state index < -0.39 is 0 Å². The Kier molecular flexibility index (Phi) is 8.14. The minimum atomic E-state index is 0.848. The number of aryl methyl sites for hydroxylation is 1. The Hall–Kier alpha value is 0.313. The van der Waals surface area contributed by atoms with E-state index in [1.807, 2.05) is 0 Å². The number of benzene rings is 1. The van der Waals surface area contributed by atoms with Crippen molar-refractivity contribution in [2.45, 2.75) is 13.3 Å². The van der Waals surface area contributed by atoms with Crippen LogP contribution in [0.3, 0.4) is 0 Å². The number of hydrogen-bond donors (Lipinski definition) is 0. The van der Waals surface area contributed by atoms with Gasteiger partial charge in [0.15, 0.2) is 0 Å². The van der Waals surface area contributed by atoms with Crippen LogP contribution in [0.15, 0.2) is 30.8 Å². The van der Waals surface area contributed by atoms with E-state index in [1.165, 1.54) is 25.9 Å². The van der Waals surface area contributed by atoms with Crippen molar-refractivity contribution in [2.24, 2.45) is 0 Å². The average molecular weight is 323 g/mol. The van der Waals surface area contributed by atoms with Gasteiger partial charge in [0.05, 0.1) is 0 Å². The molecule has 0 aromatic heterocycles. The zero-order chi connectivity index (χ0) is 9.40. The Labute approximate surface area is 95.3 Å². The summed E-state index contributed by atoms with van der Waals surface area (Å²) < 4.78 is 0. The summed E-state index contributed by atoms with van der Waals surface area (Å²) in [4.78, 5) is 0. The third kappa shape index (κ3) is 5.05. The van der Waals surface area contributed by atoms with Crippen molar-refractivity contribution >= 4 is 19.8 Å². The Bertz CT molecular complexity index is 216. The first-order valence-corrected chi connectivity index (χ1v) is 12.7. The van der Waals surface area contributed by atoms with Crippen LogP contribution in [0.2, 0.25) is 0 Å². The molecule has 0 aliphatic carbocycles. The predicted molar refractivity (Wildman–Crippen MR) is 57.8 cm³/mol. The van der Waals surface area contributed by atoms with Crippen molar-refractivity contribution in [3.8, 4) is 0 Å². The van der Waals surface area contributed by atoms with Crippen LogP contribution < -0.4 is 0 Å². The normalized spacial score (nSPS) is 8.33. The summed E-state index contributed by atoms with van der Waals surface area (Å²) in [6.07, 6.45) is 3.70. The summed E-state index contributed by atoms with van der Waals surface area (Å²) in [6, 6.07) is 8.42. The van der Waals surface area contributed by atoms with Gasteiger partial charge in [-0.3, -0.25) is 6.58 Å². The second kappa shape index (κ2) is 7.94. The molecule has 1 aromatic rings. The second-order valence-electron chi connectivity index (χ2n) is 2.41. The molecule has 0 nitrogen and oxygen atoms in total. The van der Waals surface area contributed by atoms with Crippen LogP contribution >= 0.6 is 19.8 Å². The van der Waals surface area contributed by atoms with Gasteiger partial charge in [-0.15, -0.1) is 0 Å². The molecular formula is C10H11IZn. The fourth-order valence-electron chi connectivity index (χ4n) is 0.850. The Morgan fingerprint density at radius 2 is 1.83 bits per heavy atom. The molecule has 0 heterocycles. The Balaban J connectivity index is 0.000000561. The van der Waals surface area contributed by atoms with Crippen molar-refractivity contribution < 1.29 is 14.8 Å². The molecule has 1 aromatic carbocycles. The molecule has 0 saturated heterocycles. The molecule has 0 aliphatic rings. The minimum absolute atomic E-state index is 0.848. The van der Waals surface area contributed by atoms with Gasteiger partial charge >= 0.3 is 34.5 Å². The monoisotopic (exact) mass is 322 g/mol. The van der Waals surface area contributed by atoms with E-state index in [9.17, 15) is 0 Å². The van der Waals surface area contributed by atoms with Gasteiger partial charge in [-0.1, -0.05) is 35.4 Å². The summed E-state index contributed by atoms with van der Waals surface area (Å²) >= 11 is 3.62. The Morgan fingerprint density at radius 3 is 2.25 bits per heavy atom. The number of hydrogen-bond acceptors (Lipinski definition) is 0. The van der Waals surface area contributed by atoms with Crippen LogP contribution in [0, 0.1) is 13.0 Å². The van der Waals surface area contributed by atoms with E-state index in [1.54, 1.807) is 0 Å². The third-order valence-electron chi connectivity index (χ3n) is 1.45. The topological polar surface area (TPSA) is 0 Å². The molecule has 60 valence electrons. The second-order valence-corrected chi connectivity index (χ2v) is 2.41. The molecule has 0 bridgehead atoms. The van der Waals surface area contributed by atoms with Crippen molar-refractivity contribution in [2.75, 3.05) is 0 Å². The van der Waals surface area contributed by atoms with Crippen LogP contribution in [-0.2, 0) is 21.2 Å². The molecular weight excluding hydrogens is 312 g/mol. The zero-order valence-corrected chi connectivity index (χ0v) is 12.4. The number of halogens is 1. The first-order valence-electron chi connectivity index (χ1n) is 3.65. The molecule has 0 amide bonds. The molecule has 0 atom stereocenters. The quantitative estimate of drug-likeness (QED) is 0.444. The van der Waals surface area contributed by atoms with Crippen molar-refractivity contribution in [1.82, 2.24) is 0 Å². The first kappa shape index (κ1) is 12.3. The average Bonchev–Trinajstić information content (AvgIpc) is 2.13. The molecule has 2 heteroatoms. The fourth-order valence-corrected chi connectivity index (χ4v) is 0.850. The summed E-state index contributed by atoms with van der Waals surface area (Å²) in [5, 5.41) is 0. The van der Waals surface area contributed by atoms with E-state index in [0.717, 1.165) is 6.42 Å². The number of allylic oxidation sites excluding steroid dienone is 1. The summed E-state index contributed by atoms with van der Waals surface area (Å²) in [5.41, 5.74) is 2.58. The van der Waals surface area contributed by atoms with Gasteiger partial charge in [-0.2, -0.15) is 6.42 Å². The van der Waals surface area contributed by atoms with E-state index in [2.05, 4.69) is 63.6 Å². The molecule has 12 heavy (non-hydrogen) atoms. The van der Waals surface area contributed by atoms with Crippen LogP contribution in [0.4, 0.5) is 0 Å². The van der Waals surface area contributed by atoms with E-state index in [0.29, 0.717) is 0 Å². The maximum absolute atomic E-state index is 3.55. The predicted octanol–water partition coefficient (Wildman–Crippen LogP) is 3.41. The molecule has 0 aliphatic heterocycles. The van der Waals surface area contributed by atoms with Crippen molar-refractivity contribution in [3.63, 3.8) is 0 Å². The van der Waals surface area contributed by atoms with Gasteiger partial charge in [0.2, 0.25) is 0 Å². The number of rotatable bonds is 2. The van der Waals surface area contributed by atoms with Crippen LogP contribution in [-0.4, -0.2) is 0 Å². The third-order valence-corrected chi connectivity index (χ3v) is 1.45. The SMILES string of the molecule is C=[C-]Cc1ccc(C)cc1.[Zn+][I]. The van der Waals surface area contributed by atoms with Crippen LogP contribution in [0.5, 0.6) is 0 Å². The van der Waals surface area contributed by atoms with E-state index >= 15 is 0 Å². The maximum atomic E-state index is 3.55.